The van der Waals surface area contributed by atoms with E-state index in [0.29, 0.717) is 35.6 Å². The maximum absolute atomic E-state index is 13.4. The highest BCUT2D eigenvalue weighted by atomic mass is 32.2. The average Bonchev–Trinajstić information content (AvgIpc) is 3.18. The van der Waals surface area contributed by atoms with Crippen LogP contribution in [0.3, 0.4) is 0 Å². The van der Waals surface area contributed by atoms with Crippen molar-refractivity contribution in [2.45, 2.75) is 6.54 Å². The maximum Gasteiger partial charge on any atom is 0.271 e. The Kier molecular flexibility index (Phi) is 6.04. The van der Waals surface area contributed by atoms with Crippen LogP contribution in [0.5, 0.6) is 17.2 Å². The van der Waals surface area contributed by atoms with Gasteiger partial charge in [0.25, 0.3) is 5.91 Å². The average molecular weight is 459 g/mol. The van der Waals surface area contributed by atoms with Crippen molar-refractivity contribution >= 4 is 34.6 Å². The molecule has 0 aliphatic carbocycles. The summed E-state index contributed by atoms with van der Waals surface area (Å²) in [5.74, 6) is 2.11. The summed E-state index contributed by atoms with van der Waals surface area (Å²) in [4.78, 5) is 20.4. The second kappa shape index (κ2) is 9.42. The van der Waals surface area contributed by atoms with Gasteiger partial charge in [-0.3, -0.25) is 14.7 Å². The number of ether oxygens (including phenoxy) is 3. The van der Waals surface area contributed by atoms with Gasteiger partial charge in [0.15, 0.2) is 16.7 Å². The minimum absolute atomic E-state index is 0.102. The van der Waals surface area contributed by atoms with Crippen LogP contribution in [-0.4, -0.2) is 31.4 Å². The number of para-hydroxylation sites is 1. The summed E-state index contributed by atoms with van der Waals surface area (Å²) in [5.41, 5.74) is 2.70. The molecule has 0 spiro atoms. The Hall–Kier alpha value is -3.71. The molecule has 0 radical (unpaired) electrons. The lowest BCUT2D eigenvalue weighted by Gasteiger charge is -2.18. The second-order valence-electron chi connectivity index (χ2n) is 7.44. The van der Waals surface area contributed by atoms with E-state index in [1.807, 2.05) is 78.9 Å². The minimum atomic E-state index is -0.102. The standard InChI is InChI=1S/C26H22N2O4S/c1-30-21-10-7-18(8-11-21)17-27-26-28(20-5-3-2-4-6-20)25(29)24(33-26)16-19-9-12-22-23(15-19)32-14-13-31-22/h2-12,15-16H,13-14,17H2,1H3/b24-16-,27-26-. The summed E-state index contributed by atoms with van der Waals surface area (Å²) in [6, 6.07) is 23.0. The number of thioether (sulfide) groups is 1. The van der Waals surface area contributed by atoms with Crippen LogP contribution < -0.4 is 19.1 Å². The van der Waals surface area contributed by atoms with Gasteiger partial charge in [0.2, 0.25) is 0 Å². The van der Waals surface area contributed by atoms with Crippen LogP contribution in [0, 0.1) is 0 Å². The van der Waals surface area contributed by atoms with Crippen molar-refractivity contribution in [1.29, 1.82) is 0 Å². The quantitative estimate of drug-likeness (QED) is 0.495. The van der Waals surface area contributed by atoms with Crippen LogP contribution in [0.2, 0.25) is 0 Å². The largest absolute Gasteiger partial charge is 0.497 e. The predicted molar refractivity (Wildman–Crippen MR) is 131 cm³/mol. The van der Waals surface area contributed by atoms with Crippen molar-refractivity contribution < 1.29 is 19.0 Å². The van der Waals surface area contributed by atoms with Gasteiger partial charge < -0.3 is 14.2 Å². The summed E-state index contributed by atoms with van der Waals surface area (Å²) in [5, 5.41) is 0.644. The number of nitrogens with zero attached hydrogens (tertiary/aromatic N) is 2. The van der Waals surface area contributed by atoms with Crippen molar-refractivity contribution in [3.8, 4) is 17.2 Å². The van der Waals surface area contributed by atoms with Crippen LogP contribution in [-0.2, 0) is 11.3 Å². The fourth-order valence-electron chi connectivity index (χ4n) is 3.57. The zero-order valence-corrected chi connectivity index (χ0v) is 18.9. The number of anilines is 1. The number of hydrogen-bond acceptors (Lipinski definition) is 6. The van der Waals surface area contributed by atoms with E-state index in [4.69, 9.17) is 19.2 Å². The first-order valence-electron chi connectivity index (χ1n) is 10.6. The summed E-state index contributed by atoms with van der Waals surface area (Å²) in [7, 11) is 1.64. The molecule has 0 N–H and O–H groups in total. The number of amidine groups is 1. The Labute approximate surface area is 196 Å². The first-order valence-corrected chi connectivity index (χ1v) is 11.4. The molecule has 1 fully saturated rings. The molecule has 0 unspecified atom stereocenters. The molecule has 0 bridgehead atoms. The lowest BCUT2D eigenvalue weighted by atomic mass is 10.1. The number of amides is 1. The van der Waals surface area contributed by atoms with Gasteiger partial charge in [-0.05, 0) is 65.4 Å². The predicted octanol–water partition coefficient (Wildman–Crippen LogP) is 5.14. The molecule has 0 aromatic heterocycles. The van der Waals surface area contributed by atoms with Gasteiger partial charge in [-0.1, -0.05) is 36.4 Å². The van der Waals surface area contributed by atoms with Crippen LogP contribution >= 0.6 is 11.8 Å². The topological polar surface area (TPSA) is 60.4 Å². The summed E-state index contributed by atoms with van der Waals surface area (Å²) >= 11 is 1.37. The number of carbonyl (C=O) groups is 1. The molecule has 5 rings (SSSR count). The Morgan fingerprint density at radius 3 is 2.52 bits per heavy atom. The van der Waals surface area contributed by atoms with Crippen LogP contribution in [0.1, 0.15) is 11.1 Å². The smallest absolute Gasteiger partial charge is 0.271 e. The van der Waals surface area contributed by atoms with E-state index in [9.17, 15) is 4.79 Å². The molecule has 166 valence electrons. The molecule has 1 saturated heterocycles. The Morgan fingerprint density at radius 1 is 1.00 bits per heavy atom. The van der Waals surface area contributed by atoms with Crippen LogP contribution in [0.15, 0.2) is 82.7 Å². The zero-order valence-electron chi connectivity index (χ0n) is 18.1. The van der Waals surface area contributed by atoms with Gasteiger partial charge in [-0.25, -0.2) is 0 Å². The lowest BCUT2D eigenvalue weighted by molar-refractivity contribution is -0.113. The van der Waals surface area contributed by atoms with Gasteiger partial charge in [0.05, 0.1) is 24.2 Å². The third-order valence-electron chi connectivity index (χ3n) is 5.24. The number of methoxy groups -OCH3 is 1. The van der Waals surface area contributed by atoms with E-state index in [1.165, 1.54) is 11.8 Å². The number of fused-ring (bicyclic) bond motifs is 1. The summed E-state index contributed by atoms with van der Waals surface area (Å²) in [6.07, 6.45) is 1.87. The molecule has 2 aliphatic rings. The Bertz CT molecular complexity index is 1220. The number of rotatable bonds is 5. The van der Waals surface area contributed by atoms with E-state index < -0.39 is 0 Å². The Morgan fingerprint density at radius 2 is 1.76 bits per heavy atom. The van der Waals surface area contributed by atoms with Crippen molar-refractivity contribution in [2.24, 2.45) is 4.99 Å². The van der Waals surface area contributed by atoms with E-state index in [2.05, 4.69) is 0 Å². The molecule has 2 heterocycles. The first-order chi connectivity index (χ1) is 16.2. The molecule has 1 amide bonds. The third-order valence-corrected chi connectivity index (χ3v) is 6.25. The molecular weight excluding hydrogens is 436 g/mol. The van der Waals surface area contributed by atoms with E-state index >= 15 is 0 Å². The molecule has 6 nitrogen and oxygen atoms in total. The van der Waals surface area contributed by atoms with Crippen LogP contribution in [0.4, 0.5) is 5.69 Å². The van der Waals surface area contributed by atoms with E-state index in [0.717, 1.165) is 28.3 Å². The van der Waals surface area contributed by atoms with Gasteiger partial charge >= 0.3 is 0 Å². The highest BCUT2D eigenvalue weighted by molar-refractivity contribution is 8.19. The fourth-order valence-corrected chi connectivity index (χ4v) is 4.55. The zero-order chi connectivity index (χ0) is 22.6. The van der Waals surface area contributed by atoms with Gasteiger partial charge in [-0.15, -0.1) is 0 Å². The van der Waals surface area contributed by atoms with Gasteiger partial charge in [0.1, 0.15) is 19.0 Å². The highest BCUT2D eigenvalue weighted by Gasteiger charge is 2.34. The normalized spacial score (nSPS) is 17.6. The molecule has 7 heteroatoms. The van der Waals surface area contributed by atoms with Gasteiger partial charge in [0, 0.05) is 0 Å². The fraction of sp³-hybridized carbons (Fsp3) is 0.154. The molecule has 2 aliphatic heterocycles. The van der Waals surface area contributed by atoms with Crippen molar-refractivity contribution in [3.63, 3.8) is 0 Å². The Balaban J connectivity index is 1.45. The second-order valence-corrected chi connectivity index (χ2v) is 8.45. The number of benzene rings is 3. The number of aliphatic imine (C=N–C) groups is 1. The minimum Gasteiger partial charge on any atom is -0.497 e. The molecule has 33 heavy (non-hydrogen) atoms. The van der Waals surface area contributed by atoms with Gasteiger partial charge in [-0.2, -0.15) is 0 Å². The molecule has 0 atom stereocenters. The molecule has 0 saturated carbocycles. The van der Waals surface area contributed by atoms with Crippen LogP contribution in [0.25, 0.3) is 6.08 Å². The highest BCUT2D eigenvalue weighted by Crippen LogP contribution is 2.38. The van der Waals surface area contributed by atoms with Crippen molar-refractivity contribution in [1.82, 2.24) is 0 Å². The first kappa shape index (κ1) is 21.2. The molecular formula is C26H22N2O4S. The SMILES string of the molecule is COc1ccc(C/N=C2\S/C(=C\c3ccc4c(c3)OCCO4)C(=O)N2c2ccccc2)cc1. The van der Waals surface area contributed by atoms with Crippen molar-refractivity contribution in [3.05, 3.63) is 88.8 Å². The lowest BCUT2D eigenvalue weighted by Crippen LogP contribution is -2.28. The van der Waals surface area contributed by atoms with Crippen molar-refractivity contribution in [2.75, 3.05) is 25.2 Å². The maximum atomic E-state index is 13.4. The monoisotopic (exact) mass is 458 g/mol. The van der Waals surface area contributed by atoms with E-state index in [-0.39, 0.29) is 5.91 Å². The number of carbonyl (C=O) groups excluding carboxylic acids is 1. The third kappa shape index (κ3) is 4.59. The molecule has 3 aromatic rings. The number of hydrogen-bond donors (Lipinski definition) is 0. The van der Waals surface area contributed by atoms with E-state index in [1.54, 1.807) is 12.0 Å². The summed E-state index contributed by atoms with van der Waals surface area (Å²) in [6.45, 7) is 1.52. The molecule has 3 aromatic carbocycles. The summed E-state index contributed by atoms with van der Waals surface area (Å²) < 4.78 is 16.5.